The van der Waals surface area contributed by atoms with Crippen LogP contribution in [0.1, 0.15) is 20.3 Å². The maximum Gasteiger partial charge on any atom is 0.188 e. The summed E-state index contributed by atoms with van der Waals surface area (Å²) in [7, 11) is 0. The predicted molar refractivity (Wildman–Crippen MR) is 102 cm³/mol. The van der Waals surface area contributed by atoms with Gasteiger partial charge in [-0.3, -0.25) is 4.99 Å². The van der Waals surface area contributed by atoms with Crippen LogP contribution in [-0.4, -0.2) is 32.1 Å². The molecule has 1 unspecified atom stereocenters. The predicted octanol–water partition coefficient (Wildman–Crippen LogP) is 2.69. The van der Waals surface area contributed by atoms with Crippen molar-refractivity contribution >= 4 is 35.6 Å². The van der Waals surface area contributed by atoms with Crippen molar-refractivity contribution in [2.75, 3.05) is 31.1 Å². The first-order chi connectivity index (χ1) is 9.65. The van der Waals surface area contributed by atoms with E-state index in [1.54, 1.807) is 0 Å². The Morgan fingerprint density at radius 3 is 2.76 bits per heavy atom. The van der Waals surface area contributed by atoms with Gasteiger partial charge in [0.1, 0.15) is 0 Å². The van der Waals surface area contributed by atoms with E-state index in [1.165, 1.54) is 12.1 Å². The summed E-state index contributed by atoms with van der Waals surface area (Å²) in [4.78, 5) is 6.77. The summed E-state index contributed by atoms with van der Waals surface area (Å²) >= 11 is 0. The molecule has 0 amide bonds. The number of anilines is 1. The Hall–Kier alpha value is -0.980. The molecule has 0 aliphatic carbocycles. The van der Waals surface area contributed by atoms with Gasteiger partial charge in [0.25, 0.3) is 0 Å². The van der Waals surface area contributed by atoms with Crippen LogP contribution in [0, 0.1) is 11.8 Å². The van der Waals surface area contributed by atoms with Crippen LogP contribution >= 0.6 is 24.0 Å². The fraction of sp³-hybridized carbons (Fsp3) is 0.562. The molecule has 1 aliphatic heterocycles. The lowest BCUT2D eigenvalue weighted by atomic mass is 10.1. The highest BCUT2D eigenvalue weighted by Gasteiger charge is 2.22. The van der Waals surface area contributed by atoms with Crippen molar-refractivity contribution in [1.29, 1.82) is 0 Å². The summed E-state index contributed by atoms with van der Waals surface area (Å²) in [6, 6.07) is 10.6. The van der Waals surface area contributed by atoms with Crippen LogP contribution in [0.3, 0.4) is 0 Å². The number of nitrogens with one attached hydrogen (secondary N) is 1. The maximum absolute atomic E-state index is 5.87. The van der Waals surface area contributed by atoms with Gasteiger partial charge in [-0.25, -0.2) is 0 Å². The van der Waals surface area contributed by atoms with Gasteiger partial charge in [0, 0.05) is 31.9 Å². The van der Waals surface area contributed by atoms with E-state index >= 15 is 0 Å². The second kappa shape index (κ2) is 9.12. The number of nitrogens with zero attached hydrogens (tertiary/aromatic N) is 2. The Balaban J connectivity index is 0.00000220. The van der Waals surface area contributed by atoms with Crippen molar-refractivity contribution in [3.63, 3.8) is 0 Å². The van der Waals surface area contributed by atoms with Crippen molar-refractivity contribution in [1.82, 2.24) is 5.32 Å². The topological polar surface area (TPSA) is 53.6 Å². The number of halogens is 1. The van der Waals surface area contributed by atoms with E-state index in [0.29, 0.717) is 17.8 Å². The van der Waals surface area contributed by atoms with Crippen molar-refractivity contribution in [3.05, 3.63) is 30.3 Å². The van der Waals surface area contributed by atoms with E-state index in [4.69, 9.17) is 5.73 Å². The molecule has 21 heavy (non-hydrogen) atoms. The first-order valence-electron chi connectivity index (χ1n) is 7.49. The van der Waals surface area contributed by atoms with Crippen LogP contribution in [0.4, 0.5) is 5.69 Å². The van der Waals surface area contributed by atoms with Gasteiger partial charge >= 0.3 is 0 Å². The highest BCUT2D eigenvalue weighted by atomic mass is 127. The Bertz CT molecular complexity index is 433. The normalized spacial score (nSPS) is 18.7. The van der Waals surface area contributed by atoms with Crippen LogP contribution < -0.4 is 16.0 Å². The second-order valence-electron chi connectivity index (χ2n) is 5.94. The van der Waals surface area contributed by atoms with E-state index < -0.39 is 0 Å². The molecule has 3 N–H and O–H groups in total. The van der Waals surface area contributed by atoms with Gasteiger partial charge < -0.3 is 16.0 Å². The molecule has 1 heterocycles. The monoisotopic (exact) mass is 402 g/mol. The van der Waals surface area contributed by atoms with Gasteiger partial charge in [-0.05, 0) is 30.4 Å². The Labute approximate surface area is 145 Å². The summed E-state index contributed by atoms with van der Waals surface area (Å²) in [6.45, 7) is 8.21. The first-order valence-corrected chi connectivity index (χ1v) is 7.49. The minimum Gasteiger partial charge on any atom is -0.371 e. The van der Waals surface area contributed by atoms with Crippen LogP contribution in [0.15, 0.2) is 35.3 Å². The summed E-state index contributed by atoms with van der Waals surface area (Å²) < 4.78 is 0. The molecule has 1 aliphatic rings. The lowest BCUT2D eigenvalue weighted by Gasteiger charge is -2.18. The van der Waals surface area contributed by atoms with Gasteiger partial charge in [-0.1, -0.05) is 32.0 Å². The summed E-state index contributed by atoms with van der Waals surface area (Å²) in [6.07, 6.45) is 1.21. The number of hydrogen-bond acceptors (Lipinski definition) is 2. The van der Waals surface area contributed by atoms with Crippen molar-refractivity contribution < 1.29 is 0 Å². The average Bonchev–Trinajstić information content (AvgIpc) is 2.93. The molecule has 1 aromatic carbocycles. The first kappa shape index (κ1) is 18.1. The molecule has 1 saturated heterocycles. The Morgan fingerprint density at radius 1 is 1.38 bits per heavy atom. The molecule has 5 heteroatoms. The number of para-hydroxylation sites is 1. The molecule has 0 bridgehead atoms. The third kappa shape index (κ3) is 6.11. The number of nitrogens with two attached hydrogens (primary N) is 1. The maximum atomic E-state index is 5.87. The van der Waals surface area contributed by atoms with Gasteiger partial charge in [-0.15, -0.1) is 24.0 Å². The SMILES string of the molecule is CC(C)CN=C(N)NCC1CCN(c2ccccc2)C1.I. The smallest absolute Gasteiger partial charge is 0.188 e. The largest absolute Gasteiger partial charge is 0.371 e. The van der Waals surface area contributed by atoms with E-state index in [2.05, 4.69) is 59.4 Å². The number of rotatable bonds is 5. The molecule has 0 saturated carbocycles. The third-order valence-corrected chi connectivity index (χ3v) is 3.61. The van der Waals surface area contributed by atoms with E-state index in [0.717, 1.165) is 26.2 Å². The van der Waals surface area contributed by atoms with Crippen LogP contribution in [0.2, 0.25) is 0 Å². The van der Waals surface area contributed by atoms with Crippen molar-refractivity contribution in [3.8, 4) is 0 Å². The minimum atomic E-state index is 0. The fourth-order valence-corrected chi connectivity index (χ4v) is 2.46. The molecule has 118 valence electrons. The van der Waals surface area contributed by atoms with Gasteiger partial charge in [-0.2, -0.15) is 0 Å². The standard InChI is InChI=1S/C16H26N4.HI/c1-13(2)10-18-16(17)19-11-14-8-9-20(12-14)15-6-4-3-5-7-15;/h3-7,13-14H,8-12H2,1-2H3,(H3,17,18,19);1H. The third-order valence-electron chi connectivity index (χ3n) is 3.61. The van der Waals surface area contributed by atoms with E-state index in [9.17, 15) is 0 Å². The molecular formula is C16H27IN4. The lowest BCUT2D eigenvalue weighted by molar-refractivity contribution is 0.568. The van der Waals surface area contributed by atoms with E-state index in [-0.39, 0.29) is 24.0 Å². The molecule has 0 spiro atoms. The highest BCUT2D eigenvalue weighted by Crippen LogP contribution is 2.22. The minimum absolute atomic E-state index is 0. The Morgan fingerprint density at radius 2 is 2.10 bits per heavy atom. The van der Waals surface area contributed by atoms with Crippen LogP contribution in [0.5, 0.6) is 0 Å². The quantitative estimate of drug-likeness (QED) is 0.453. The second-order valence-corrected chi connectivity index (χ2v) is 5.94. The molecule has 1 atom stereocenters. The molecular weight excluding hydrogens is 375 g/mol. The zero-order valence-corrected chi connectivity index (χ0v) is 15.3. The van der Waals surface area contributed by atoms with E-state index in [1.807, 2.05) is 0 Å². The van der Waals surface area contributed by atoms with Gasteiger partial charge in [0.15, 0.2) is 5.96 Å². The van der Waals surface area contributed by atoms with Gasteiger partial charge in [0.2, 0.25) is 0 Å². The fourth-order valence-electron chi connectivity index (χ4n) is 2.46. The summed E-state index contributed by atoms with van der Waals surface area (Å²) in [5.74, 6) is 1.77. The number of benzene rings is 1. The van der Waals surface area contributed by atoms with Crippen LogP contribution in [-0.2, 0) is 0 Å². The molecule has 1 aromatic rings. The number of guanidine groups is 1. The highest BCUT2D eigenvalue weighted by molar-refractivity contribution is 14.0. The molecule has 1 fully saturated rings. The molecule has 4 nitrogen and oxygen atoms in total. The zero-order valence-electron chi connectivity index (χ0n) is 13.0. The summed E-state index contributed by atoms with van der Waals surface area (Å²) in [5.41, 5.74) is 7.19. The summed E-state index contributed by atoms with van der Waals surface area (Å²) in [5, 5.41) is 3.25. The zero-order chi connectivity index (χ0) is 14.4. The Kier molecular flexibility index (Phi) is 7.85. The molecule has 0 radical (unpaired) electrons. The molecule has 2 rings (SSSR count). The molecule has 0 aromatic heterocycles. The average molecular weight is 402 g/mol. The number of hydrogen-bond donors (Lipinski definition) is 2. The van der Waals surface area contributed by atoms with Gasteiger partial charge in [0.05, 0.1) is 0 Å². The number of aliphatic imine (C=N–C) groups is 1. The van der Waals surface area contributed by atoms with Crippen molar-refractivity contribution in [2.45, 2.75) is 20.3 Å². The van der Waals surface area contributed by atoms with Crippen LogP contribution in [0.25, 0.3) is 0 Å². The lowest BCUT2D eigenvalue weighted by Crippen LogP contribution is -2.36. The van der Waals surface area contributed by atoms with Crippen molar-refractivity contribution in [2.24, 2.45) is 22.6 Å².